The van der Waals surface area contributed by atoms with Gasteiger partial charge in [0.05, 0.1) is 6.33 Å². The number of rotatable bonds is 25. The fraction of sp³-hybridized carbons (Fsp3) is 0.419. The number of carbonyl (C=O) groups is 7. The number of para-hydroxylation sites is 1. The molecular formula is C43H59N13O7. The lowest BCUT2D eigenvalue weighted by Crippen LogP contribution is -2.60. The Kier molecular flexibility index (Phi) is 18.6. The highest BCUT2D eigenvalue weighted by atomic mass is 16.2. The lowest BCUT2D eigenvalue weighted by molar-refractivity contribution is -0.135. The van der Waals surface area contributed by atoms with Crippen molar-refractivity contribution in [2.24, 2.45) is 22.2 Å². The number of aromatic nitrogens is 3. The highest BCUT2D eigenvalue weighted by Crippen LogP contribution is 2.19. The number of amides is 7. The molecule has 6 atom stereocenters. The summed E-state index contributed by atoms with van der Waals surface area (Å²) in [5, 5.41) is 17.0. The van der Waals surface area contributed by atoms with Crippen molar-refractivity contribution in [2.45, 2.75) is 108 Å². The summed E-state index contributed by atoms with van der Waals surface area (Å²) >= 11 is 0. The Morgan fingerprint density at radius 3 is 1.90 bits per heavy atom. The molecular weight excluding hydrogens is 811 g/mol. The number of unbranched alkanes of at least 4 members (excludes halogenated alkanes) is 1. The van der Waals surface area contributed by atoms with E-state index < -0.39 is 77.6 Å². The largest absolute Gasteiger partial charge is 0.370 e. The van der Waals surface area contributed by atoms with Gasteiger partial charge in [-0.25, -0.2) is 4.98 Å². The van der Waals surface area contributed by atoms with Crippen LogP contribution in [0.5, 0.6) is 0 Å². The summed E-state index contributed by atoms with van der Waals surface area (Å²) in [6, 6.07) is 9.33. The third-order valence-electron chi connectivity index (χ3n) is 10.2. The molecule has 20 heteroatoms. The molecule has 20 nitrogen and oxygen atoms in total. The number of carbonyl (C=O) groups excluding carboxylic acids is 7. The predicted molar refractivity (Wildman–Crippen MR) is 236 cm³/mol. The molecule has 0 fully saturated rings. The minimum atomic E-state index is -1.29. The van der Waals surface area contributed by atoms with Crippen LogP contribution in [0.1, 0.15) is 69.7 Å². The Bertz CT molecular complexity index is 2190. The Labute approximate surface area is 365 Å². The average molecular weight is 870 g/mol. The van der Waals surface area contributed by atoms with Crippen molar-refractivity contribution in [1.29, 1.82) is 0 Å². The molecule has 0 saturated carbocycles. The third kappa shape index (κ3) is 15.6. The number of primary amides is 1. The van der Waals surface area contributed by atoms with E-state index in [0.717, 1.165) is 22.9 Å². The van der Waals surface area contributed by atoms with Gasteiger partial charge in [-0.1, -0.05) is 68.3 Å². The first-order chi connectivity index (χ1) is 30.1. The molecule has 0 aliphatic carbocycles. The maximum atomic E-state index is 14.3. The van der Waals surface area contributed by atoms with E-state index >= 15 is 0 Å². The maximum absolute atomic E-state index is 14.3. The van der Waals surface area contributed by atoms with E-state index in [2.05, 4.69) is 51.8 Å². The van der Waals surface area contributed by atoms with Gasteiger partial charge in [-0.2, -0.15) is 0 Å². The van der Waals surface area contributed by atoms with Crippen molar-refractivity contribution in [1.82, 2.24) is 46.9 Å². The van der Waals surface area contributed by atoms with Crippen LogP contribution in [0.4, 0.5) is 0 Å². The number of nitrogens with one attached hydrogen (secondary N) is 8. The number of hydrogen-bond donors (Lipinski definition) is 11. The molecule has 2 aromatic carbocycles. The first-order valence-corrected chi connectivity index (χ1v) is 20.8. The van der Waals surface area contributed by atoms with E-state index in [4.69, 9.17) is 17.2 Å². The summed E-state index contributed by atoms with van der Waals surface area (Å²) in [4.78, 5) is 108. The number of benzene rings is 2. The van der Waals surface area contributed by atoms with Crippen molar-refractivity contribution in [3.63, 3.8) is 0 Å². The Hall–Kier alpha value is -7.25. The number of imidazole rings is 1. The summed E-state index contributed by atoms with van der Waals surface area (Å²) in [5.74, 6) is -4.84. The monoisotopic (exact) mass is 869 g/mol. The molecule has 63 heavy (non-hydrogen) atoms. The molecule has 4 rings (SSSR count). The fourth-order valence-electron chi connectivity index (χ4n) is 6.82. The number of nitrogens with two attached hydrogens (primary N) is 3. The number of hydrogen-bond acceptors (Lipinski definition) is 9. The second-order valence-electron chi connectivity index (χ2n) is 15.3. The van der Waals surface area contributed by atoms with Crippen LogP contribution in [-0.2, 0) is 52.8 Å². The normalized spacial score (nSPS) is 13.8. The van der Waals surface area contributed by atoms with Gasteiger partial charge >= 0.3 is 0 Å². The lowest BCUT2D eigenvalue weighted by Gasteiger charge is -2.27. The SMILES string of the molecule is CCCCC(NC(C)=O)C(=O)NC(C)C(=O)NC(Cc1cnc[nH]1)C(=O)NC(Cc1ccccc1)C(=O)NC(CCCN=C(N)N)C(=O)NC(Cc1c[nH]c2ccccc12)C(N)=O. The van der Waals surface area contributed by atoms with E-state index in [1.165, 1.54) is 26.4 Å². The second kappa shape index (κ2) is 24.3. The second-order valence-corrected chi connectivity index (χ2v) is 15.3. The van der Waals surface area contributed by atoms with E-state index in [-0.39, 0.29) is 44.6 Å². The minimum Gasteiger partial charge on any atom is -0.370 e. The van der Waals surface area contributed by atoms with Crippen LogP contribution in [0, 0.1) is 0 Å². The van der Waals surface area contributed by atoms with Crippen LogP contribution < -0.4 is 49.1 Å². The van der Waals surface area contributed by atoms with Gasteiger partial charge < -0.3 is 59.1 Å². The third-order valence-corrected chi connectivity index (χ3v) is 10.2. The standard InChI is InChI=1S/C43H59N13O7/c1-4-5-15-32(52-26(3)57)39(60)51-25(2)38(59)55-36(21-29-23-47-24-50-29)42(63)56-35(19-27-12-7-6-8-13-27)41(62)53-33(17-11-18-48-43(45)46)40(61)54-34(37(44)58)20-28-22-49-31-16-10-9-14-30(28)31/h6-10,12-14,16,22-25,32-36,49H,4-5,11,15,17-21H2,1-3H3,(H2,44,58)(H,47,50)(H,51,60)(H,52,57)(H,53,62)(H,54,61)(H,55,59)(H,56,63)(H4,45,46,48). The summed E-state index contributed by atoms with van der Waals surface area (Å²) in [7, 11) is 0. The first kappa shape index (κ1) is 48.4. The number of nitrogens with zero attached hydrogens (tertiary/aromatic N) is 2. The summed E-state index contributed by atoms with van der Waals surface area (Å²) in [5.41, 5.74) is 19.5. The van der Waals surface area contributed by atoms with Gasteiger partial charge in [0.2, 0.25) is 41.4 Å². The fourth-order valence-corrected chi connectivity index (χ4v) is 6.82. The molecule has 0 aliphatic rings. The Morgan fingerprint density at radius 2 is 1.25 bits per heavy atom. The summed E-state index contributed by atoms with van der Waals surface area (Å²) < 4.78 is 0. The molecule has 0 spiro atoms. The Morgan fingerprint density at radius 1 is 0.667 bits per heavy atom. The number of fused-ring (bicyclic) bond motifs is 1. The summed E-state index contributed by atoms with van der Waals surface area (Å²) in [6.45, 7) is 4.81. The van der Waals surface area contributed by atoms with Crippen LogP contribution in [-0.4, -0.2) is 105 Å². The molecule has 6 unspecified atom stereocenters. The van der Waals surface area contributed by atoms with Gasteiger partial charge in [0, 0.05) is 61.7 Å². The van der Waals surface area contributed by atoms with E-state index in [0.29, 0.717) is 24.1 Å². The van der Waals surface area contributed by atoms with Gasteiger partial charge in [-0.15, -0.1) is 0 Å². The van der Waals surface area contributed by atoms with Gasteiger partial charge in [0.25, 0.3) is 0 Å². The van der Waals surface area contributed by atoms with Crippen LogP contribution in [0.2, 0.25) is 0 Å². The molecule has 4 aromatic rings. The smallest absolute Gasteiger partial charge is 0.243 e. The minimum absolute atomic E-state index is 0.0231. The number of aromatic amines is 2. The van der Waals surface area contributed by atoms with Crippen molar-refractivity contribution < 1.29 is 33.6 Å². The number of guanidine groups is 1. The zero-order chi connectivity index (χ0) is 45.9. The topological polar surface area (TPSA) is 327 Å². The van der Waals surface area contributed by atoms with E-state index in [1.807, 2.05) is 31.2 Å². The highest BCUT2D eigenvalue weighted by Gasteiger charge is 2.33. The van der Waals surface area contributed by atoms with Gasteiger partial charge in [0.15, 0.2) is 5.96 Å². The van der Waals surface area contributed by atoms with Crippen molar-refractivity contribution in [3.8, 4) is 0 Å². The van der Waals surface area contributed by atoms with Crippen LogP contribution in [0.25, 0.3) is 10.9 Å². The first-order valence-electron chi connectivity index (χ1n) is 20.8. The van der Waals surface area contributed by atoms with E-state index in [1.54, 1.807) is 36.5 Å². The van der Waals surface area contributed by atoms with Gasteiger partial charge in [-0.05, 0) is 43.4 Å². The van der Waals surface area contributed by atoms with Crippen molar-refractivity contribution >= 4 is 58.2 Å². The molecule has 2 heterocycles. The zero-order valence-electron chi connectivity index (χ0n) is 35.7. The molecule has 0 saturated heterocycles. The van der Waals surface area contributed by atoms with Gasteiger partial charge in [-0.3, -0.25) is 38.6 Å². The maximum Gasteiger partial charge on any atom is 0.243 e. The highest BCUT2D eigenvalue weighted by molar-refractivity contribution is 5.97. The lowest BCUT2D eigenvalue weighted by atomic mass is 10.0. The molecule has 14 N–H and O–H groups in total. The molecule has 0 aliphatic heterocycles. The number of H-pyrrole nitrogens is 2. The van der Waals surface area contributed by atoms with Crippen LogP contribution >= 0.6 is 0 Å². The molecule has 0 radical (unpaired) electrons. The Balaban J connectivity index is 1.56. The summed E-state index contributed by atoms with van der Waals surface area (Å²) in [6.07, 6.45) is 6.64. The van der Waals surface area contributed by atoms with Gasteiger partial charge in [0.1, 0.15) is 36.3 Å². The predicted octanol–water partition coefficient (Wildman–Crippen LogP) is -0.403. The van der Waals surface area contributed by atoms with Crippen LogP contribution in [0.3, 0.4) is 0 Å². The molecule has 338 valence electrons. The van der Waals surface area contributed by atoms with Crippen LogP contribution in [0.15, 0.2) is 78.3 Å². The molecule has 7 amide bonds. The average Bonchev–Trinajstić information content (AvgIpc) is 3.92. The number of aliphatic imine (C=N–C) groups is 1. The van der Waals surface area contributed by atoms with Crippen molar-refractivity contribution in [3.05, 3.63) is 90.1 Å². The molecule has 0 bridgehead atoms. The van der Waals surface area contributed by atoms with E-state index in [9.17, 15) is 33.6 Å². The molecule has 2 aromatic heterocycles. The quantitative estimate of drug-likeness (QED) is 0.0233. The van der Waals surface area contributed by atoms with Crippen molar-refractivity contribution in [2.75, 3.05) is 6.54 Å². The zero-order valence-corrected chi connectivity index (χ0v) is 35.7.